The van der Waals surface area contributed by atoms with E-state index in [0.717, 1.165) is 26.4 Å². The van der Waals surface area contributed by atoms with Gasteiger partial charge in [0.2, 0.25) is 0 Å². The lowest BCUT2D eigenvalue weighted by atomic mass is 10.4. The Morgan fingerprint density at radius 1 is 1.78 bits per heavy atom. The molecular weight excluding hydrogens is 116 g/mol. The van der Waals surface area contributed by atoms with E-state index in [1.54, 1.807) is 7.11 Å². The van der Waals surface area contributed by atoms with Gasteiger partial charge in [0.15, 0.2) is 0 Å². The SMILES string of the molecule is COCN1CC=NCC1. The fourth-order valence-corrected chi connectivity index (χ4v) is 0.855. The average molecular weight is 128 g/mol. The van der Waals surface area contributed by atoms with E-state index >= 15 is 0 Å². The van der Waals surface area contributed by atoms with Gasteiger partial charge in [0, 0.05) is 26.4 Å². The third-order valence-corrected chi connectivity index (χ3v) is 1.33. The van der Waals surface area contributed by atoms with E-state index in [1.165, 1.54) is 0 Å². The fraction of sp³-hybridized carbons (Fsp3) is 0.833. The summed E-state index contributed by atoms with van der Waals surface area (Å²) in [6, 6.07) is 0. The molecule has 0 bridgehead atoms. The van der Waals surface area contributed by atoms with Gasteiger partial charge in [0.05, 0.1) is 13.3 Å². The second-order valence-electron chi connectivity index (χ2n) is 2.08. The molecule has 1 heterocycles. The second-order valence-corrected chi connectivity index (χ2v) is 2.08. The molecule has 1 rings (SSSR count). The van der Waals surface area contributed by atoms with Crippen molar-refractivity contribution in [1.82, 2.24) is 4.90 Å². The molecule has 0 amide bonds. The zero-order chi connectivity index (χ0) is 6.53. The van der Waals surface area contributed by atoms with E-state index in [0.29, 0.717) is 0 Å². The highest BCUT2D eigenvalue weighted by Crippen LogP contribution is 1.90. The van der Waals surface area contributed by atoms with Crippen LogP contribution in [-0.2, 0) is 4.74 Å². The van der Waals surface area contributed by atoms with Gasteiger partial charge in [-0.1, -0.05) is 0 Å². The summed E-state index contributed by atoms with van der Waals surface area (Å²) in [6.07, 6.45) is 1.93. The number of ether oxygens (including phenoxy) is 1. The molecule has 0 atom stereocenters. The van der Waals surface area contributed by atoms with E-state index in [9.17, 15) is 0 Å². The van der Waals surface area contributed by atoms with Gasteiger partial charge in [0.1, 0.15) is 0 Å². The van der Waals surface area contributed by atoms with Crippen molar-refractivity contribution >= 4 is 6.21 Å². The van der Waals surface area contributed by atoms with Gasteiger partial charge in [-0.05, 0) is 0 Å². The quantitative estimate of drug-likeness (QED) is 0.522. The first-order valence-electron chi connectivity index (χ1n) is 3.13. The van der Waals surface area contributed by atoms with Crippen LogP contribution >= 0.6 is 0 Å². The number of methoxy groups -OCH3 is 1. The minimum atomic E-state index is 0.728. The van der Waals surface area contributed by atoms with Crippen molar-refractivity contribution in [3.8, 4) is 0 Å². The van der Waals surface area contributed by atoms with Gasteiger partial charge in [-0.2, -0.15) is 0 Å². The average Bonchev–Trinajstić information content (AvgIpc) is 1.91. The minimum Gasteiger partial charge on any atom is -0.369 e. The van der Waals surface area contributed by atoms with Crippen molar-refractivity contribution in [1.29, 1.82) is 0 Å². The molecule has 3 nitrogen and oxygen atoms in total. The summed E-state index contributed by atoms with van der Waals surface area (Å²) in [4.78, 5) is 6.29. The van der Waals surface area contributed by atoms with E-state index in [1.807, 2.05) is 6.21 Å². The van der Waals surface area contributed by atoms with Crippen LogP contribution in [0, 0.1) is 0 Å². The predicted molar refractivity (Wildman–Crippen MR) is 36.8 cm³/mol. The summed E-state index contributed by atoms with van der Waals surface area (Å²) >= 11 is 0. The maximum Gasteiger partial charge on any atom is 0.0990 e. The summed E-state index contributed by atoms with van der Waals surface area (Å²) < 4.78 is 4.95. The number of hydrogen-bond donors (Lipinski definition) is 0. The lowest BCUT2D eigenvalue weighted by Crippen LogP contribution is -2.33. The first-order valence-corrected chi connectivity index (χ1v) is 3.13. The van der Waals surface area contributed by atoms with Crippen LogP contribution in [0.5, 0.6) is 0 Å². The van der Waals surface area contributed by atoms with Crippen LogP contribution in [0.1, 0.15) is 0 Å². The third-order valence-electron chi connectivity index (χ3n) is 1.33. The molecule has 0 unspecified atom stereocenters. The van der Waals surface area contributed by atoms with Crippen molar-refractivity contribution in [2.45, 2.75) is 0 Å². The predicted octanol–water partition coefficient (Wildman–Crippen LogP) is -0.0233. The Balaban J connectivity index is 2.18. The zero-order valence-electron chi connectivity index (χ0n) is 5.71. The van der Waals surface area contributed by atoms with Gasteiger partial charge in [-0.25, -0.2) is 0 Å². The van der Waals surface area contributed by atoms with Gasteiger partial charge in [-0.3, -0.25) is 9.89 Å². The van der Waals surface area contributed by atoms with Crippen LogP contribution in [0.3, 0.4) is 0 Å². The Morgan fingerprint density at radius 3 is 3.22 bits per heavy atom. The smallest absolute Gasteiger partial charge is 0.0990 e. The molecular formula is C6H12N2O. The van der Waals surface area contributed by atoms with Gasteiger partial charge in [-0.15, -0.1) is 0 Å². The summed E-state index contributed by atoms with van der Waals surface area (Å²) in [5.41, 5.74) is 0. The third kappa shape index (κ3) is 2.11. The molecule has 52 valence electrons. The van der Waals surface area contributed by atoms with Crippen LogP contribution in [0.25, 0.3) is 0 Å². The Bertz CT molecular complexity index is 103. The van der Waals surface area contributed by atoms with Crippen LogP contribution in [0.15, 0.2) is 4.99 Å². The number of rotatable bonds is 2. The Morgan fingerprint density at radius 2 is 2.67 bits per heavy atom. The maximum absolute atomic E-state index is 4.95. The lowest BCUT2D eigenvalue weighted by molar-refractivity contribution is 0.0749. The van der Waals surface area contributed by atoms with Crippen LogP contribution in [-0.4, -0.2) is 44.6 Å². The first kappa shape index (κ1) is 6.71. The van der Waals surface area contributed by atoms with Crippen molar-refractivity contribution in [3.63, 3.8) is 0 Å². The molecule has 0 saturated heterocycles. The first-order chi connectivity index (χ1) is 4.43. The molecule has 0 saturated carbocycles. The topological polar surface area (TPSA) is 24.8 Å². The number of nitrogens with zero attached hydrogens (tertiary/aromatic N) is 2. The molecule has 0 fully saturated rings. The molecule has 0 spiro atoms. The lowest BCUT2D eigenvalue weighted by Gasteiger charge is -2.20. The summed E-state index contributed by atoms with van der Waals surface area (Å²) in [5.74, 6) is 0. The molecule has 0 radical (unpaired) electrons. The molecule has 3 heteroatoms. The minimum absolute atomic E-state index is 0.728. The molecule has 0 aliphatic carbocycles. The van der Waals surface area contributed by atoms with E-state index in [4.69, 9.17) is 4.74 Å². The number of hydrogen-bond acceptors (Lipinski definition) is 3. The molecule has 0 N–H and O–H groups in total. The van der Waals surface area contributed by atoms with Gasteiger partial charge < -0.3 is 4.74 Å². The molecule has 1 aliphatic rings. The van der Waals surface area contributed by atoms with Crippen LogP contribution in [0.4, 0.5) is 0 Å². The Kier molecular flexibility index (Phi) is 2.67. The maximum atomic E-state index is 4.95. The zero-order valence-corrected chi connectivity index (χ0v) is 5.71. The van der Waals surface area contributed by atoms with Crippen molar-refractivity contribution in [3.05, 3.63) is 0 Å². The largest absolute Gasteiger partial charge is 0.369 e. The highest BCUT2D eigenvalue weighted by molar-refractivity contribution is 5.60. The van der Waals surface area contributed by atoms with Crippen LogP contribution in [0.2, 0.25) is 0 Å². The molecule has 1 aliphatic heterocycles. The number of aliphatic imine (C=N–C) groups is 1. The highest BCUT2D eigenvalue weighted by Gasteiger charge is 2.03. The fourth-order valence-electron chi connectivity index (χ4n) is 0.855. The molecule has 0 aromatic rings. The highest BCUT2D eigenvalue weighted by atomic mass is 16.5. The van der Waals surface area contributed by atoms with E-state index in [2.05, 4.69) is 9.89 Å². The summed E-state index contributed by atoms with van der Waals surface area (Å²) in [6.45, 7) is 3.62. The monoisotopic (exact) mass is 128 g/mol. The summed E-state index contributed by atoms with van der Waals surface area (Å²) in [7, 11) is 1.71. The normalized spacial score (nSPS) is 20.6. The Labute approximate surface area is 55.3 Å². The van der Waals surface area contributed by atoms with Gasteiger partial charge in [0.25, 0.3) is 0 Å². The van der Waals surface area contributed by atoms with Gasteiger partial charge >= 0.3 is 0 Å². The summed E-state index contributed by atoms with van der Waals surface area (Å²) in [5, 5.41) is 0. The molecule has 0 aromatic heterocycles. The second kappa shape index (κ2) is 3.58. The van der Waals surface area contributed by atoms with E-state index < -0.39 is 0 Å². The molecule has 9 heavy (non-hydrogen) atoms. The van der Waals surface area contributed by atoms with E-state index in [-0.39, 0.29) is 0 Å². The molecule has 0 aromatic carbocycles. The Hall–Kier alpha value is -0.410. The van der Waals surface area contributed by atoms with Crippen LogP contribution < -0.4 is 0 Å². The standard InChI is InChI=1S/C6H12N2O/c1-9-6-8-4-2-7-3-5-8/h2H,3-6H2,1H3. The van der Waals surface area contributed by atoms with Crippen molar-refractivity contribution < 1.29 is 4.74 Å². The van der Waals surface area contributed by atoms with Crippen molar-refractivity contribution in [2.24, 2.45) is 4.99 Å². The van der Waals surface area contributed by atoms with Crippen molar-refractivity contribution in [2.75, 3.05) is 33.5 Å².